The van der Waals surface area contributed by atoms with Gasteiger partial charge in [0.15, 0.2) is 11.8 Å². The Morgan fingerprint density at radius 2 is 1.93 bits per heavy atom. The van der Waals surface area contributed by atoms with Gasteiger partial charge < -0.3 is 19.9 Å². The Hall–Kier alpha value is -2.41. The van der Waals surface area contributed by atoms with Gasteiger partial charge in [0.05, 0.1) is 6.04 Å². The van der Waals surface area contributed by atoms with Crippen LogP contribution in [0.15, 0.2) is 33.8 Å². The van der Waals surface area contributed by atoms with E-state index in [2.05, 4.69) is 63.9 Å². The number of guanidine groups is 1. The van der Waals surface area contributed by atoms with E-state index in [0.717, 1.165) is 13.0 Å². The van der Waals surface area contributed by atoms with Gasteiger partial charge in [0.1, 0.15) is 12.6 Å². The minimum atomic E-state index is -0.186. The highest BCUT2D eigenvalue weighted by Crippen LogP contribution is 2.15. The average molecular weight is 374 g/mol. The van der Waals surface area contributed by atoms with Gasteiger partial charge in [0, 0.05) is 13.2 Å². The zero-order chi connectivity index (χ0) is 19.6. The van der Waals surface area contributed by atoms with Gasteiger partial charge in [-0.05, 0) is 45.2 Å². The molecule has 1 heterocycles. The summed E-state index contributed by atoms with van der Waals surface area (Å²) in [6.07, 6.45) is 0.856. The van der Waals surface area contributed by atoms with Crippen molar-refractivity contribution in [1.29, 1.82) is 0 Å². The van der Waals surface area contributed by atoms with Crippen molar-refractivity contribution in [2.45, 2.75) is 59.7 Å². The van der Waals surface area contributed by atoms with Crippen LogP contribution < -0.4 is 10.6 Å². The fraction of sp³-hybridized carbons (Fsp3) is 0.550. The highest BCUT2D eigenvalue weighted by atomic mass is 16.5. The van der Waals surface area contributed by atoms with Crippen molar-refractivity contribution in [3.05, 3.63) is 47.1 Å². The van der Waals surface area contributed by atoms with Crippen LogP contribution in [-0.2, 0) is 17.7 Å². The highest BCUT2D eigenvalue weighted by molar-refractivity contribution is 5.80. The molecule has 1 aromatic carbocycles. The maximum atomic E-state index is 5.48. The van der Waals surface area contributed by atoms with E-state index in [4.69, 9.17) is 9.26 Å². The van der Waals surface area contributed by atoms with Crippen molar-refractivity contribution in [1.82, 2.24) is 20.8 Å². The number of nitrogens with zero attached hydrogens (tertiary/aromatic N) is 3. The number of rotatable bonds is 9. The lowest BCUT2D eigenvalue weighted by Gasteiger charge is -2.18. The molecule has 27 heavy (non-hydrogen) atoms. The number of benzene rings is 1. The van der Waals surface area contributed by atoms with Crippen molar-refractivity contribution in [3.8, 4) is 0 Å². The van der Waals surface area contributed by atoms with Gasteiger partial charge in [-0.15, -0.1) is 0 Å². The van der Waals surface area contributed by atoms with E-state index in [1.54, 1.807) is 0 Å². The normalized spacial score (nSPS) is 14.0. The van der Waals surface area contributed by atoms with Crippen LogP contribution in [0.25, 0.3) is 0 Å². The number of aryl methyl sites for hydroxylation is 1. The van der Waals surface area contributed by atoms with Crippen molar-refractivity contribution in [2.24, 2.45) is 4.99 Å². The first-order valence-corrected chi connectivity index (χ1v) is 9.65. The molecule has 2 N–H and O–H groups in total. The monoisotopic (exact) mass is 373 g/mol. The summed E-state index contributed by atoms with van der Waals surface area (Å²) in [4.78, 5) is 8.91. The smallest absolute Gasteiger partial charge is 0.248 e. The molecular weight excluding hydrogens is 342 g/mol. The van der Waals surface area contributed by atoms with Gasteiger partial charge in [0.2, 0.25) is 5.89 Å². The van der Waals surface area contributed by atoms with Crippen LogP contribution in [0.5, 0.6) is 0 Å². The molecule has 2 rings (SSSR count). The number of aliphatic imine (C=N–C) groups is 1. The molecule has 148 valence electrons. The van der Waals surface area contributed by atoms with Crippen LogP contribution >= 0.6 is 0 Å². The molecule has 2 aromatic rings. The topological polar surface area (TPSA) is 84.6 Å². The zero-order valence-corrected chi connectivity index (χ0v) is 17.0. The maximum absolute atomic E-state index is 5.48. The molecule has 0 amide bonds. The fourth-order valence-electron chi connectivity index (χ4n) is 2.62. The highest BCUT2D eigenvalue weighted by Gasteiger charge is 2.14. The predicted octanol–water partition coefficient (Wildman–Crippen LogP) is 3.55. The van der Waals surface area contributed by atoms with Gasteiger partial charge in [0.25, 0.3) is 0 Å². The summed E-state index contributed by atoms with van der Waals surface area (Å²) in [6, 6.07) is 8.76. The van der Waals surface area contributed by atoms with E-state index < -0.39 is 0 Å². The van der Waals surface area contributed by atoms with Crippen LogP contribution in [0.2, 0.25) is 0 Å². The van der Waals surface area contributed by atoms with E-state index in [-0.39, 0.29) is 12.1 Å². The fourth-order valence-corrected chi connectivity index (χ4v) is 2.62. The molecule has 7 heteroatoms. The Kier molecular flexibility index (Phi) is 8.26. The third-order valence-electron chi connectivity index (χ3n) is 4.22. The summed E-state index contributed by atoms with van der Waals surface area (Å²) in [7, 11) is 0. The number of nitrogens with one attached hydrogen (secondary N) is 2. The standard InChI is InChI=1S/C20H31N5O2/c1-6-16-9-11-17(12-10-16)14(4)23-20(21-7-2)22-13-18-24-19(25-27-18)15(5)26-8-3/h9-12,14-15H,6-8,13H2,1-5H3,(H2,21,22,23). The maximum Gasteiger partial charge on any atom is 0.248 e. The molecule has 7 nitrogen and oxygen atoms in total. The van der Waals surface area contributed by atoms with Crippen LogP contribution in [0, 0.1) is 0 Å². The molecule has 0 aliphatic heterocycles. The largest absolute Gasteiger partial charge is 0.371 e. The van der Waals surface area contributed by atoms with Crippen LogP contribution in [-0.4, -0.2) is 29.3 Å². The van der Waals surface area contributed by atoms with Gasteiger partial charge in [-0.2, -0.15) is 4.98 Å². The molecule has 0 aliphatic rings. The summed E-state index contributed by atoms with van der Waals surface area (Å²) >= 11 is 0. The third-order valence-corrected chi connectivity index (χ3v) is 4.22. The quantitative estimate of drug-likeness (QED) is 0.516. The molecule has 0 saturated carbocycles. The van der Waals surface area contributed by atoms with Gasteiger partial charge >= 0.3 is 0 Å². The molecule has 2 atom stereocenters. The molecule has 2 unspecified atom stereocenters. The molecular formula is C20H31N5O2. The Morgan fingerprint density at radius 3 is 2.56 bits per heavy atom. The number of hydrogen-bond donors (Lipinski definition) is 2. The molecule has 0 spiro atoms. The second-order valence-electron chi connectivity index (χ2n) is 6.30. The average Bonchev–Trinajstić information content (AvgIpc) is 3.15. The van der Waals surface area contributed by atoms with E-state index in [1.165, 1.54) is 11.1 Å². The number of aromatic nitrogens is 2. The SMILES string of the molecule is CCNC(=NCc1nc(C(C)OCC)no1)NC(C)c1ccc(CC)cc1. The lowest BCUT2D eigenvalue weighted by molar-refractivity contribution is 0.0683. The lowest BCUT2D eigenvalue weighted by Crippen LogP contribution is -2.38. The van der Waals surface area contributed by atoms with Gasteiger partial charge in [-0.1, -0.05) is 36.3 Å². The van der Waals surface area contributed by atoms with Crippen molar-refractivity contribution < 1.29 is 9.26 Å². The van der Waals surface area contributed by atoms with E-state index in [9.17, 15) is 0 Å². The van der Waals surface area contributed by atoms with E-state index in [0.29, 0.717) is 30.8 Å². The first-order chi connectivity index (χ1) is 13.1. The van der Waals surface area contributed by atoms with E-state index >= 15 is 0 Å². The van der Waals surface area contributed by atoms with E-state index in [1.807, 2.05) is 20.8 Å². The van der Waals surface area contributed by atoms with Crippen molar-refractivity contribution >= 4 is 5.96 Å². The Bertz CT molecular complexity index is 711. The van der Waals surface area contributed by atoms with Crippen molar-refractivity contribution in [3.63, 3.8) is 0 Å². The molecule has 0 fully saturated rings. The van der Waals surface area contributed by atoms with Crippen LogP contribution in [0.1, 0.15) is 69.6 Å². The molecule has 0 radical (unpaired) electrons. The second kappa shape index (κ2) is 10.7. The molecule has 0 bridgehead atoms. The first-order valence-electron chi connectivity index (χ1n) is 9.65. The number of ether oxygens (including phenoxy) is 1. The number of hydrogen-bond acceptors (Lipinski definition) is 5. The summed E-state index contributed by atoms with van der Waals surface area (Å²) < 4.78 is 10.7. The predicted molar refractivity (Wildman–Crippen MR) is 107 cm³/mol. The Labute approximate surface area is 161 Å². The Morgan fingerprint density at radius 1 is 1.19 bits per heavy atom. The van der Waals surface area contributed by atoms with Crippen LogP contribution in [0.3, 0.4) is 0 Å². The third kappa shape index (κ3) is 6.36. The zero-order valence-electron chi connectivity index (χ0n) is 17.0. The van der Waals surface area contributed by atoms with Gasteiger partial charge in [-0.25, -0.2) is 4.99 Å². The minimum absolute atomic E-state index is 0.130. The molecule has 0 saturated heterocycles. The summed E-state index contributed by atoms with van der Waals surface area (Å²) in [5.74, 6) is 1.72. The molecule has 0 aliphatic carbocycles. The van der Waals surface area contributed by atoms with Crippen LogP contribution in [0.4, 0.5) is 0 Å². The molecule has 1 aromatic heterocycles. The lowest BCUT2D eigenvalue weighted by atomic mass is 10.1. The minimum Gasteiger partial charge on any atom is -0.371 e. The van der Waals surface area contributed by atoms with Crippen molar-refractivity contribution in [2.75, 3.05) is 13.2 Å². The summed E-state index contributed by atoms with van der Waals surface area (Å²) in [5, 5.41) is 10.6. The first kappa shape index (κ1) is 20.9. The van der Waals surface area contributed by atoms with Gasteiger partial charge in [-0.3, -0.25) is 0 Å². The summed E-state index contributed by atoms with van der Waals surface area (Å²) in [6.45, 7) is 11.8. The second-order valence-corrected chi connectivity index (χ2v) is 6.30. The Balaban J connectivity index is 2.00. The summed E-state index contributed by atoms with van der Waals surface area (Å²) in [5.41, 5.74) is 2.54.